The van der Waals surface area contributed by atoms with Crippen LogP contribution in [-0.2, 0) is 0 Å². The van der Waals surface area contributed by atoms with Crippen LogP contribution < -0.4 is 15.2 Å². The van der Waals surface area contributed by atoms with E-state index in [4.69, 9.17) is 15.2 Å². The third-order valence-corrected chi connectivity index (χ3v) is 3.08. The van der Waals surface area contributed by atoms with E-state index in [1.165, 1.54) is 0 Å². The van der Waals surface area contributed by atoms with E-state index in [9.17, 15) is 0 Å². The van der Waals surface area contributed by atoms with Gasteiger partial charge in [0.2, 0.25) is 5.95 Å². The number of anilines is 1. The summed E-state index contributed by atoms with van der Waals surface area (Å²) in [5, 5.41) is 6.51. The highest BCUT2D eigenvalue weighted by molar-refractivity contribution is 5.82. The van der Waals surface area contributed by atoms with E-state index in [2.05, 4.69) is 25.1 Å². The molecular weight excluding hydrogens is 260 g/mol. The van der Waals surface area contributed by atoms with Crippen LogP contribution in [0.3, 0.4) is 0 Å². The van der Waals surface area contributed by atoms with E-state index in [0.29, 0.717) is 30.6 Å². The standard InChI is InChI=1S/C12H12N6O2/c13-12-16-11(17-18-12)10-14-6-4-8-9(5-7(6)15-10)20-3-1-2-19-8/h4-5H,1-3H2,(H,14,15)(H3,13,16,17,18). The lowest BCUT2D eigenvalue weighted by Gasteiger charge is -2.05. The number of benzene rings is 1. The van der Waals surface area contributed by atoms with Gasteiger partial charge in [0.1, 0.15) is 0 Å². The first kappa shape index (κ1) is 11.1. The summed E-state index contributed by atoms with van der Waals surface area (Å²) in [6, 6.07) is 3.74. The molecule has 0 saturated heterocycles. The molecule has 1 aliphatic heterocycles. The van der Waals surface area contributed by atoms with E-state index in [0.717, 1.165) is 23.2 Å². The third-order valence-electron chi connectivity index (χ3n) is 3.08. The summed E-state index contributed by atoms with van der Waals surface area (Å²) in [6.07, 6.45) is 0.874. The maximum absolute atomic E-state index is 5.65. The number of aromatic nitrogens is 5. The highest BCUT2D eigenvalue weighted by Crippen LogP contribution is 2.34. The van der Waals surface area contributed by atoms with Crippen LogP contribution in [0.15, 0.2) is 12.1 Å². The van der Waals surface area contributed by atoms with Gasteiger partial charge in [0.25, 0.3) is 0 Å². The number of fused-ring (bicyclic) bond motifs is 2. The first-order chi connectivity index (χ1) is 9.79. The zero-order valence-electron chi connectivity index (χ0n) is 10.5. The fraction of sp³-hybridized carbons (Fsp3) is 0.250. The molecule has 0 spiro atoms. The Morgan fingerprint density at radius 3 is 2.60 bits per heavy atom. The number of hydrogen-bond donors (Lipinski definition) is 3. The van der Waals surface area contributed by atoms with Gasteiger partial charge in [-0.05, 0) is 0 Å². The van der Waals surface area contributed by atoms with E-state index < -0.39 is 0 Å². The van der Waals surface area contributed by atoms with Crippen molar-refractivity contribution < 1.29 is 9.47 Å². The molecule has 3 heterocycles. The smallest absolute Gasteiger partial charge is 0.239 e. The van der Waals surface area contributed by atoms with Crippen molar-refractivity contribution in [2.75, 3.05) is 18.9 Å². The molecule has 0 unspecified atom stereocenters. The largest absolute Gasteiger partial charge is 0.489 e. The van der Waals surface area contributed by atoms with Gasteiger partial charge in [-0.2, -0.15) is 4.98 Å². The van der Waals surface area contributed by atoms with Crippen LogP contribution in [0.5, 0.6) is 11.5 Å². The van der Waals surface area contributed by atoms with Crippen molar-refractivity contribution in [2.24, 2.45) is 0 Å². The average molecular weight is 272 g/mol. The van der Waals surface area contributed by atoms with Crippen LogP contribution in [0.4, 0.5) is 5.95 Å². The van der Waals surface area contributed by atoms with Crippen LogP contribution >= 0.6 is 0 Å². The number of nitrogens with one attached hydrogen (secondary N) is 2. The number of nitrogen functional groups attached to an aromatic ring is 1. The molecule has 0 amide bonds. The topological polar surface area (TPSA) is 115 Å². The van der Waals surface area contributed by atoms with Crippen LogP contribution in [0.2, 0.25) is 0 Å². The minimum absolute atomic E-state index is 0.183. The summed E-state index contributed by atoms with van der Waals surface area (Å²) in [6.45, 7) is 1.30. The maximum Gasteiger partial charge on any atom is 0.239 e. The van der Waals surface area contributed by atoms with E-state index in [-0.39, 0.29) is 5.95 Å². The molecule has 102 valence electrons. The lowest BCUT2D eigenvalue weighted by Crippen LogP contribution is -1.97. The monoisotopic (exact) mass is 272 g/mol. The van der Waals surface area contributed by atoms with Crippen molar-refractivity contribution in [3.8, 4) is 23.1 Å². The van der Waals surface area contributed by atoms with Crippen molar-refractivity contribution >= 4 is 17.0 Å². The highest BCUT2D eigenvalue weighted by Gasteiger charge is 2.15. The molecule has 0 saturated carbocycles. The van der Waals surface area contributed by atoms with Crippen LogP contribution in [-0.4, -0.2) is 38.4 Å². The van der Waals surface area contributed by atoms with Gasteiger partial charge in [-0.1, -0.05) is 0 Å². The molecule has 1 aromatic carbocycles. The van der Waals surface area contributed by atoms with Gasteiger partial charge in [0.15, 0.2) is 23.1 Å². The lowest BCUT2D eigenvalue weighted by molar-refractivity contribution is 0.297. The summed E-state index contributed by atoms with van der Waals surface area (Å²) in [5.41, 5.74) is 7.12. The molecule has 0 atom stereocenters. The Morgan fingerprint density at radius 1 is 1.05 bits per heavy atom. The van der Waals surface area contributed by atoms with Gasteiger partial charge in [0.05, 0.1) is 24.2 Å². The summed E-state index contributed by atoms with van der Waals surface area (Å²) in [7, 11) is 0. The zero-order chi connectivity index (χ0) is 13.5. The molecule has 4 N–H and O–H groups in total. The molecule has 8 heteroatoms. The second-order valence-electron chi connectivity index (χ2n) is 4.49. The molecule has 0 bridgehead atoms. The summed E-state index contributed by atoms with van der Waals surface area (Å²) in [4.78, 5) is 11.7. The maximum atomic E-state index is 5.65. The molecule has 1 aliphatic rings. The van der Waals surface area contributed by atoms with Crippen molar-refractivity contribution in [1.82, 2.24) is 25.1 Å². The number of ether oxygens (including phenoxy) is 2. The van der Waals surface area contributed by atoms with E-state index in [1.54, 1.807) is 0 Å². The van der Waals surface area contributed by atoms with Gasteiger partial charge in [-0.3, -0.25) is 5.10 Å². The molecule has 8 nitrogen and oxygen atoms in total. The second-order valence-corrected chi connectivity index (χ2v) is 4.49. The Labute approximate surface area is 113 Å². The van der Waals surface area contributed by atoms with Crippen LogP contribution in [0.25, 0.3) is 22.7 Å². The quantitative estimate of drug-likeness (QED) is 0.611. The summed E-state index contributed by atoms with van der Waals surface area (Å²) in [5.74, 6) is 2.69. The number of hydrogen-bond acceptors (Lipinski definition) is 6. The number of aromatic amines is 2. The Hall–Kier alpha value is -2.77. The van der Waals surface area contributed by atoms with Crippen molar-refractivity contribution in [2.45, 2.75) is 6.42 Å². The average Bonchev–Trinajstić information content (AvgIpc) is 2.97. The number of imidazole rings is 1. The van der Waals surface area contributed by atoms with Crippen molar-refractivity contribution in [1.29, 1.82) is 0 Å². The normalized spacial score (nSPS) is 14.4. The summed E-state index contributed by atoms with van der Waals surface area (Å²) >= 11 is 0. The second kappa shape index (κ2) is 4.12. The molecular formula is C12H12N6O2. The number of H-pyrrole nitrogens is 2. The van der Waals surface area contributed by atoms with E-state index in [1.807, 2.05) is 12.1 Å². The van der Waals surface area contributed by atoms with Gasteiger partial charge >= 0.3 is 0 Å². The Kier molecular flexibility index (Phi) is 2.28. The van der Waals surface area contributed by atoms with Gasteiger partial charge in [-0.15, -0.1) is 5.10 Å². The Bertz CT molecular complexity index is 734. The van der Waals surface area contributed by atoms with Crippen molar-refractivity contribution in [3.63, 3.8) is 0 Å². The third kappa shape index (κ3) is 1.73. The molecule has 0 fully saturated rings. The lowest BCUT2D eigenvalue weighted by atomic mass is 10.3. The highest BCUT2D eigenvalue weighted by atomic mass is 16.5. The van der Waals surface area contributed by atoms with E-state index >= 15 is 0 Å². The number of nitrogens with two attached hydrogens (primary N) is 1. The van der Waals surface area contributed by atoms with Gasteiger partial charge in [0, 0.05) is 18.6 Å². The molecule has 3 aromatic rings. The van der Waals surface area contributed by atoms with Crippen LogP contribution in [0, 0.1) is 0 Å². The Morgan fingerprint density at radius 2 is 1.85 bits per heavy atom. The fourth-order valence-electron chi connectivity index (χ4n) is 2.16. The number of nitrogens with zero attached hydrogens (tertiary/aromatic N) is 3. The molecule has 20 heavy (non-hydrogen) atoms. The summed E-state index contributed by atoms with van der Waals surface area (Å²) < 4.78 is 11.3. The van der Waals surface area contributed by atoms with Crippen molar-refractivity contribution in [3.05, 3.63) is 12.1 Å². The van der Waals surface area contributed by atoms with Crippen LogP contribution in [0.1, 0.15) is 6.42 Å². The molecule has 4 rings (SSSR count). The predicted molar refractivity (Wildman–Crippen MR) is 71.5 cm³/mol. The predicted octanol–water partition coefficient (Wildman–Crippen LogP) is 1.09. The Balaban J connectivity index is 1.83. The first-order valence-corrected chi connectivity index (χ1v) is 6.27. The fourth-order valence-corrected chi connectivity index (χ4v) is 2.16. The SMILES string of the molecule is Nc1n[nH]c(-c2nc3cc4c(cc3[nH]2)OCCCO4)n1. The molecule has 0 radical (unpaired) electrons. The molecule has 0 aliphatic carbocycles. The van der Waals surface area contributed by atoms with Gasteiger partial charge in [-0.25, -0.2) is 4.98 Å². The minimum Gasteiger partial charge on any atom is -0.489 e. The first-order valence-electron chi connectivity index (χ1n) is 6.27. The molecule has 2 aromatic heterocycles. The number of rotatable bonds is 1. The van der Waals surface area contributed by atoms with Gasteiger partial charge < -0.3 is 20.2 Å². The zero-order valence-corrected chi connectivity index (χ0v) is 10.5. The minimum atomic E-state index is 0.183.